The molecule has 2 aromatic heterocycles. The second-order valence-corrected chi connectivity index (χ2v) is 15.2. The Morgan fingerprint density at radius 3 is 1.67 bits per heavy atom. The Hall–Kier alpha value is -8.21. The molecule has 11 aromatic rings. The van der Waals surface area contributed by atoms with Crippen molar-refractivity contribution in [1.82, 2.24) is 15.0 Å². The molecule has 61 heavy (non-hydrogen) atoms. The van der Waals surface area contributed by atoms with Crippen LogP contribution in [0, 0.1) is 0 Å². The molecule has 0 atom stereocenters. The summed E-state index contributed by atoms with van der Waals surface area (Å²) < 4.78 is 6.33. The third-order valence-corrected chi connectivity index (χ3v) is 11.3. The Bertz CT molecular complexity index is 3300. The molecule has 4 nitrogen and oxygen atoms in total. The van der Waals surface area contributed by atoms with Crippen LogP contribution >= 0.6 is 0 Å². The van der Waals surface area contributed by atoms with E-state index in [1.54, 1.807) is 0 Å². The average molecular weight is 780 g/mol. The molecule has 0 fully saturated rings. The van der Waals surface area contributed by atoms with Crippen molar-refractivity contribution in [2.45, 2.75) is 0 Å². The fourth-order valence-electron chi connectivity index (χ4n) is 8.34. The fraction of sp³-hybridized carbons (Fsp3) is 0. The number of benzene rings is 9. The van der Waals surface area contributed by atoms with E-state index in [4.69, 9.17) is 19.4 Å². The topological polar surface area (TPSA) is 51.8 Å². The molecule has 0 spiro atoms. The first kappa shape index (κ1) is 35.9. The number of rotatable bonds is 8. The predicted octanol–water partition coefficient (Wildman–Crippen LogP) is 15.1. The number of fused-ring (bicyclic) bond motifs is 2. The molecule has 0 saturated carbocycles. The summed E-state index contributed by atoms with van der Waals surface area (Å²) in [6.45, 7) is 0. The van der Waals surface area contributed by atoms with Crippen molar-refractivity contribution >= 4 is 21.9 Å². The molecular weight excluding hydrogens is 743 g/mol. The smallest absolute Gasteiger partial charge is 0.227 e. The van der Waals surface area contributed by atoms with Crippen molar-refractivity contribution < 1.29 is 4.42 Å². The number of hydrogen-bond donors (Lipinski definition) is 0. The molecule has 4 heteroatoms. The maximum atomic E-state index is 6.33. The molecule has 0 N–H and O–H groups in total. The summed E-state index contributed by atoms with van der Waals surface area (Å²) in [6.07, 6.45) is 0. The highest BCUT2D eigenvalue weighted by Gasteiger charge is 2.19. The van der Waals surface area contributed by atoms with Crippen LogP contribution < -0.4 is 0 Å². The first-order valence-corrected chi connectivity index (χ1v) is 20.5. The number of nitrogens with zero attached hydrogens (tertiary/aromatic N) is 3. The van der Waals surface area contributed by atoms with Gasteiger partial charge in [-0.25, -0.2) is 15.0 Å². The summed E-state index contributed by atoms with van der Waals surface area (Å²) in [5, 5.41) is 2.35. The van der Waals surface area contributed by atoms with Gasteiger partial charge in [0.05, 0.1) is 11.4 Å². The second kappa shape index (κ2) is 15.5. The summed E-state index contributed by atoms with van der Waals surface area (Å²) in [5.74, 6) is 1.29. The molecule has 0 unspecified atom stereocenters. The lowest BCUT2D eigenvalue weighted by Crippen LogP contribution is -1.97. The molecule has 0 radical (unpaired) electrons. The zero-order chi connectivity index (χ0) is 40.5. The van der Waals surface area contributed by atoms with Gasteiger partial charge in [0, 0.05) is 22.3 Å². The minimum Gasteiger partial charge on any atom is -0.436 e. The molecule has 9 aromatic carbocycles. The third-order valence-electron chi connectivity index (χ3n) is 11.3. The number of oxazole rings is 1. The van der Waals surface area contributed by atoms with Gasteiger partial charge >= 0.3 is 0 Å². The zero-order valence-corrected chi connectivity index (χ0v) is 33.1. The van der Waals surface area contributed by atoms with Gasteiger partial charge in [-0.05, 0) is 91.7 Å². The van der Waals surface area contributed by atoms with Crippen molar-refractivity contribution in [3.05, 3.63) is 224 Å². The normalized spacial score (nSPS) is 11.3. The Morgan fingerprint density at radius 2 is 0.885 bits per heavy atom. The van der Waals surface area contributed by atoms with Crippen LogP contribution in [0.1, 0.15) is 0 Å². The Kier molecular flexibility index (Phi) is 9.14. The van der Waals surface area contributed by atoms with Gasteiger partial charge < -0.3 is 4.42 Å². The van der Waals surface area contributed by atoms with E-state index in [0.717, 1.165) is 89.2 Å². The van der Waals surface area contributed by atoms with Crippen molar-refractivity contribution in [1.29, 1.82) is 0 Å². The minimum absolute atomic E-state index is 0.605. The van der Waals surface area contributed by atoms with Crippen LogP contribution in [0.25, 0.3) is 112 Å². The Balaban J connectivity index is 1.02. The summed E-state index contributed by atoms with van der Waals surface area (Å²) in [5.41, 5.74) is 16.3. The van der Waals surface area contributed by atoms with E-state index >= 15 is 0 Å². The van der Waals surface area contributed by atoms with Crippen molar-refractivity contribution in [2.24, 2.45) is 0 Å². The highest BCUT2D eigenvalue weighted by molar-refractivity contribution is 6.07. The SMILES string of the molecule is c1ccc(-c2cccc(-c3nc4cc(-c5cccc(-c6ccc7ccccc7c6-c6ccccc6-c6cc(-c7ccccc7)nc(-c7ccccc7)n6)c5)ccc4o3)c2)cc1. The van der Waals surface area contributed by atoms with Crippen LogP contribution in [0.15, 0.2) is 229 Å². The predicted molar refractivity (Wildman–Crippen MR) is 251 cm³/mol. The van der Waals surface area contributed by atoms with E-state index in [-0.39, 0.29) is 0 Å². The van der Waals surface area contributed by atoms with Gasteiger partial charge in [0.15, 0.2) is 11.4 Å². The largest absolute Gasteiger partial charge is 0.436 e. The van der Waals surface area contributed by atoms with Crippen molar-refractivity contribution in [3.63, 3.8) is 0 Å². The lowest BCUT2D eigenvalue weighted by molar-refractivity contribution is 0.620. The quantitative estimate of drug-likeness (QED) is 0.154. The van der Waals surface area contributed by atoms with Crippen LogP contribution in [-0.2, 0) is 0 Å². The maximum Gasteiger partial charge on any atom is 0.227 e. The van der Waals surface area contributed by atoms with Gasteiger partial charge in [-0.15, -0.1) is 0 Å². The van der Waals surface area contributed by atoms with E-state index in [1.165, 1.54) is 10.8 Å². The molecule has 0 amide bonds. The van der Waals surface area contributed by atoms with E-state index in [2.05, 4.69) is 188 Å². The third kappa shape index (κ3) is 6.96. The van der Waals surface area contributed by atoms with Crippen molar-refractivity contribution in [3.8, 4) is 89.9 Å². The summed E-state index contributed by atoms with van der Waals surface area (Å²) in [6, 6.07) is 78.3. The monoisotopic (exact) mass is 779 g/mol. The molecule has 0 aliphatic heterocycles. The Morgan fingerprint density at radius 1 is 0.311 bits per heavy atom. The lowest BCUT2D eigenvalue weighted by Gasteiger charge is -2.18. The molecule has 0 aliphatic rings. The van der Waals surface area contributed by atoms with E-state index in [1.807, 2.05) is 36.4 Å². The molecule has 2 heterocycles. The zero-order valence-electron chi connectivity index (χ0n) is 33.1. The van der Waals surface area contributed by atoms with Crippen LogP contribution in [0.3, 0.4) is 0 Å². The first-order chi connectivity index (χ1) is 30.2. The van der Waals surface area contributed by atoms with Gasteiger partial charge in [-0.2, -0.15) is 0 Å². The molecule has 11 rings (SSSR count). The molecule has 286 valence electrons. The average Bonchev–Trinajstić information content (AvgIpc) is 3.78. The van der Waals surface area contributed by atoms with Gasteiger partial charge in [0.25, 0.3) is 0 Å². The summed E-state index contributed by atoms with van der Waals surface area (Å²) in [4.78, 5) is 15.3. The van der Waals surface area contributed by atoms with Gasteiger partial charge in [0.2, 0.25) is 5.89 Å². The van der Waals surface area contributed by atoms with E-state index in [9.17, 15) is 0 Å². The summed E-state index contributed by atoms with van der Waals surface area (Å²) in [7, 11) is 0. The Labute approximate surface area is 354 Å². The first-order valence-electron chi connectivity index (χ1n) is 20.5. The highest BCUT2D eigenvalue weighted by Crippen LogP contribution is 2.44. The number of aromatic nitrogens is 3. The lowest BCUT2D eigenvalue weighted by atomic mass is 9.86. The van der Waals surface area contributed by atoms with Gasteiger partial charge in [0.1, 0.15) is 5.52 Å². The standard InChI is InChI=1S/C57H37N3O/c1-4-16-38(17-5-1)42-23-15-26-46(35-42)57-60-53-36-44(31-33-54(53)61-57)43-24-14-25-45(34-43)48-32-30-39-18-10-11-27-47(39)55(48)50-29-13-12-28-49(50)52-37-51(40-19-6-2-7-20-40)58-56(59-52)41-21-8-3-9-22-41/h1-37H. The van der Waals surface area contributed by atoms with Crippen LogP contribution in [0.5, 0.6) is 0 Å². The molecule has 0 saturated heterocycles. The minimum atomic E-state index is 0.605. The van der Waals surface area contributed by atoms with E-state index < -0.39 is 0 Å². The van der Waals surface area contributed by atoms with E-state index in [0.29, 0.717) is 11.7 Å². The molecular formula is C57H37N3O. The van der Waals surface area contributed by atoms with Crippen LogP contribution in [0.4, 0.5) is 0 Å². The van der Waals surface area contributed by atoms with Gasteiger partial charge in [-0.3, -0.25) is 0 Å². The maximum absolute atomic E-state index is 6.33. The summed E-state index contributed by atoms with van der Waals surface area (Å²) >= 11 is 0. The fourth-order valence-corrected chi connectivity index (χ4v) is 8.34. The van der Waals surface area contributed by atoms with Crippen LogP contribution in [0.2, 0.25) is 0 Å². The van der Waals surface area contributed by atoms with Crippen molar-refractivity contribution in [2.75, 3.05) is 0 Å². The van der Waals surface area contributed by atoms with Gasteiger partial charge in [-0.1, -0.05) is 188 Å². The number of hydrogen-bond acceptors (Lipinski definition) is 4. The molecule has 0 bridgehead atoms. The second-order valence-electron chi connectivity index (χ2n) is 15.2. The molecule has 0 aliphatic carbocycles. The van der Waals surface area contributed by atoms with Crippen LogP contribution in [-0.4, -0.2) is 15.0 Å². The highest BCUT2D eigenvalue weighted by atomic mass is 16.3.